The zero-order chi connectivity index (χ0) is 8.81. The number of carbonyl (C=O) groups excluding carboxylic acids is 1. The first kappa shape index (κ1) is 8.59. The van der Waals surface area contributed by atoms with Gasteiger partial charge in [0.15, 0.2) is 6.61 Å². The van der Waals surface area contributed by atoms with Crippen LogP contribution in [-0.2, 0) is 9.53 Å². The predicted octanol–water partition coefficient (Wildman–Crippen LogP) is 0.839. The van der Waals surface area contributed by atoms with Gasteiger partial charge in [-0.15, -0.1) is 0 Å². The minimum atomic E-state index is -0.410. The molecule has 0 unspecified atom stereocenters. The van der Waals surface area contributed by atoms with E-state index in [4.69, 9.17) is 4.74 Å². The minimum absolute atomic E-state index is 0.0924. The molecule has 0 spiro atoms. The highest BCUT2D eigenvalue weighted by Gasteiger charge is 1.99. The molecule has 0 saturated carbocycles. The SMILES string of the molecule is COC(=O)COc1[c]cc[c]c1. The summed E-state index contributed by atoms with van der Waals surface area (Å²) >= 11 is 0. The van der Waals surface area contributed by atoms with Gasteiger partial charge in [-0.3, -0.25) is 0 Å². The molecule has 0 fully saturated rings. The first-order valence-corrected chi connectivity index (χ1v) is 3.40. The van der Waals surface area contributed by atoms with Crippen molar-refractivity contribution in [2.75, 3.05) is 13.7 Å². The van der Waals surface area contributed by atoms with Gasteiger partial charge < -0.3 is 9.47 Å². The van der Waals surface area contributed by atoms with Gasteiger partial charge in [-0.05, 0) is 18.2 Å². The molecule has 1 rings (SSSR count). The molecule has 0 bridgehead atoms. The molecule has 3 heteroatoms. The molecule has 0 amide bonds. The van der Waals surface area contributed by atoms with E-state index in [1.165, 1.54) is 7.11 Å². The maximum Gasteiger partial charge on any atom is 0.343 e. The highest BCUT2D eigenvalue weighted by molar-refractivity contribution is 5.70. The van der Waals surface area contributed by atoms with Crippen LogP contribution in [0.1, 0.15) is 0 Å². The van der Waals surface area contributed by atoms with Crippen LogP contribution in [0, 0.1) is 12.1 Å². The van der Waals surface area contributed by atoms with Gasteiger partial charge >= 0.3 is 5.97 Å². The molecule has 3 nitrogen and oxygen atoms in total. The molecule has 0 aliphatic heterocycles. The maximum absolute atomic E-state index is 10.6. The van der Waals surface area contributed by atoms with Crippen LogP contribution in [-0.4, -0.2) is 19.7 Å². The van der Waals surface area contributed by atoms with Crippen molar-refractivity contribution in [3.8, 4) is 5.75 Å². The summed E-state index contributed by atoms with van der Waals surface area (Å²) in [5.74, 6) is 0.0788. The number of benzene rings is 1. The minimum Gasteiger partial charge on any atom is -0.481 e. The van der Waals surface area contributed by atoms with Crippen LogP contribution in [0.15, 0.2) is 18.2 Å². The molecule has 1 aromatic carbocycles. The lowest BCUT2D eigenvalue weighted by Crippen LogP contribution is -2.12. The summed E-state index contributed by atoms with van der Waals surface area (Å²) in [6, 6.07) is 10.5. The molecule has 1 aromatic rings. The molecule has 0 heterocycles. The van der Waals surface area contributed by atoms with Crippen LogP contribution < -0.4 is 4.74 Å². The van der Waals surface area contributed by atoms with E-state index in [-0.39, 0.29) is 6.61 Å². The average molecular weight is 164 g/mol. The van der Waals surface area contributed by atoms with E-state index in [9.17, 15) is 4.79 Å². The van der Waals surface area contributed by atoms with E-state index in [0.29, 0.717) is 5.75 Å². The number of ether oxygens (including phenoxy) is 2. The van der Waals surface area contributed by atoms with Gasteiger partial charge in [0.05, 0.1) is 7.11 Å². The Labute approximate surface area is 70.9 Å². The monoisotopic (exact) mass is 164 g/mol. The average Bonchev–Trinajstić information content (AvgIpc) is 2.16. The zero-order valence-corrected chi connectivity index (χ0v) is 6.66. The molecule has 0 aliphatic rings. The molecular formula is C9H8O3. The highest BCUT2D eigenvalue weighted by Crippen LogP contribution is 2.06. The van der Waals surface area contributed by atoms with Crippen molar-refractivity contribution in [3.05, 3.63) is 30.3 Å². The fraction of sp³-hybridized carbons (Fsp3) is 0.222. The molecule has 0 saturated heterocycles. The second-order valence-corrected chi connectivity index (χ2v) is 2.02. The fourth-order valence-electron chi connectivity index (χ4n) is 0.616. The Morgan fingerprint density at radius 3 is 3.00 bits per heavy atom. The maximum atomic E-state index is 10.6. The number of esters is 1. The molecule has 0 aliphatic carbocycles. The molecule has 0 N–H and O–H groups in total. The van der Waals surface area contributed by atoms with Crippen molar-refractivity contribution < 1.29 is 14.3 Å². The predicted molar refractivity (Wildman–Crippen MR) is 41.6 cm³/mol. The smallest absolute Gasteiger partial charge is 0.343 e. The van der Waals surface area contributed by atoms with Crippen LogP contribution in [0.25, 0.3) is 0 Å². The third kappa shape index (κ3) is 2.62. The summed E-state index contributed by atoms with van der Waals surface area (Å²) in [5.41, 5.74) is 0. The number of methoxy groups -OCH3 is 1. The molecule has 62 valence electrons. The lowest BCUT2D eigenvalue weighted by molar-refractivity contribution is -0.142. The van der Waals surface area contributed by atoms with Crippen LogP contribution in [0.5, 0.6) is 5.75 Å². The van der Waals surface area contributed by atoms with E-state index >= 15 is 0 Å². The van der Waals surface area contributed by atoms with Gasteiger partial charge in [-0.1, -0.05) is 6.07 Å². The quantitative estimate of drug-likeness (QED) is 0.621. The van der Waals surface area contributed by atoms with Crippen LogP contribution in [0.4, 0.5) is 0 Å². The summed E-state index contributed by atoms with van der Waals surface area (Å²) in [6.45, 7) is -0.0924. The van der Waals surface area contributed by atoms with Crippen molar-refractivity contribution in [1.29, 1.82) is 0 Å². The molecule has 0 aromatic heterocycles. The lowest BCUT2D eigenvalue weighted by Gasteiger charge is -2.02. The zero-order valence-electron chi connectivity index (χ0n) is 6.66. The summed E-state index contributed by atoms with van der Waals surface area (Å²) in [7, 11) is 1.31. The Morgan fingerprint density at radius 2 is 2.42 bits per heavy atom. The summed E-state index contributed by atoms with van der Waals surface area (Å²) < 4.78 is 9.38. The number of rotatable bonds is 3. The Bertz CT molecular complexity index is 243. The Morgan fingerprint density at radius 1 is 1.58 bits per heavy atom. The van der Waals surface area contributed by atoms with Crippen LogP contribution >= 0.6 is 0 Å². The van der Waals surface area contributed by atoms with Crippen molar-refractivity contribution in [3.63, 3.8) is 0 Å². The Balaban J connectivity index is 2.38. The van der Waals surface area contributed by atoms with Crippen molar-refractivity contribution in [2.45, 2.75) is 0 Å². The first-order valence-electron chi connectivity index (χ1n) is 3.40. The van der Waals surface area contributed by atoms with Gasteiger partial charge in [0.2, 0.25) is 0 Å². The van der Waals surface area contributed by atoms with Crippen molar-refractivity contribution >= 4 is 5.97 Å². The molecule has 2 radical (unpaired) electrons. The second kappa shape index (κ2) is 4.38. The highest BCUT2D eigenvalue weighted by atomic mass is 16.6. The Kier molecular flexibility index (Phi) is 3.14. The largest absolute Gasteiger partial charge is 0.481 e. The van der Waals surface area contributed by atoms with Crippen LogP contribution in [0.2, 0.25) is 0 Å². The molecule has 0 atom stereocenters. The standard InChI is InChI=1S/C9H8O3/c1-11-9(10)7-12-8-5-3-2-4-6-8/h2-3,6H,7H2,1H3. The van der Waals surface area contributed by atoms with Crippen molar-refractivity contribution in [1.82, 2.24) is 0 Å². The number of hydrogen-bond donors (Lipinski definition) is 0. The molecule has 12 heavy (non-hydrogen) atoms. The number of carbonyl (C=O) groups is 1. The summed E-state index contributed by atoms with van der Waals surface area (Å²) in [5, 5.41) is 0. The third-order valence-corrected chi connectivity index (χ3v) is 1.19. The van der Waals surface area contributed by atoms with Gasteiger partial charge in [-0.25, -0.2) is 4.79 Å². The van der Waals surface area contributed by atoms with Gasteiger partial charge in [0, 0.05) is 6.07 Å². The van der Waals surface area contributed by atoms with E-state index in [2.05, 4.69) is 16.9 Å². The lowest BCUT2D eigenvalue weighted by atomic mass is 10.3. The summed E-state index contributed by atoms with van der Waals surface area (Å²) in [4.78, 5) is 10.6. The third-order valence-electron chi connectivity index (χ3n) is 1.19. The van der Waals surface area contributed by atoms with Crippen molar-refractivity contribution in [2.24, 2.45) is 0 Å². The van der Waals surface area contributed by atoms with Gasteiger partial charge in [-0.2, -0.15) is 0 Å². The van der Waals surface area contributed by atoms with Gasteiger partial charge in [0.25, 0.3) is 0 Å². The van der Waals surface area contributed by atoms with E-state index in [1.807, 2.05) is 0 Å². The topological polar surface area (TPSA) is 35.5 Å². The van der Waals surface area contributed by atoms with E-state index in [0.717, 1.165) is 0 Å². The van der Waals surface area contributed by atoms with E-state index < -0.39 is 5.97 Å². The number of hydrogen-bond acceptors (Lipinski definition) is 3. The fourth-order valence-corrected chi connectivity index (χ4v) is 0.616. The second-order valence-electron chi connectivity index (χ2n) is 2.02. The summed E-state index contributed by atoms with van der Waals surface area (Å²) in [6.07, 6.45) is 0. The van der Waals surface area contributed by atoms with Crippen LogP contribution in [0.3, 0.4) is 0 Å². The molecular weight excluding hydrogens is 156 g/mol. The first-order chi connectivity index (χ1) is 5.83. The van der Waals surface area contributed by atoms with Gasteiger partial charge in [0.1, 0.15) is 5.75 Å². The Hall–Kier alpha value is -1.51. The normalized spacial score (nSPS) is 9.08. The van der Waals surface area contributed by atoms with E-state index in [1.54, 1.807) is 18.2 Å².